The molecule has 2 N–H and O–H groups in total. The second-order valence-corrected chi connectivity index (χ2v) is 7.34. The molecule has 0 atom stereocenters. The van der Waals surface area contributed by atoms with Crippen LogP contribution in [0, 0.1) is 0 Å². The summed E-state index contributed by atoms with van der Waals surface area (Å²) in [5.74, 6) is 1.93. The number of nitrogens with one attached hydrogen (secondary N) is 2. The Morgan fingerprint density at radius 1 is 1.30 bits per heavy atom. The third kappa shape index (κ3) is 10.1. The third-order valence-corrected chi connectivity index (χ3v) is 5.08. The number of halogens is 1. The van der Waals surface area contributed by atoms with Crippen LogP contribution >= 0.6 is 35.7 Å². The Labute approximate surface area is 144 Å². The molecule has 0 amide bonds. The molecular weight excluding hydrogens is 411 g/mol. The monoisotopic (exact) mass is 438 g/mol. The summed E-state index contributed by atoms with van der Waals surface area (Å²) < 4.78 is 24.5. The molecule has 6 nitrogen and oxygen atoms in total. The SMILES string of the molecule is CCS(=O)(=O)N(C)CCCNC(=NC)NCCSC.I. The highest BCUT2D eigenvalue weighted by molar-refractivity contribution is 14.0. The summed E-state index contributed by atoms with van der Waals surface area (Å²) in [7, 11) is 0.275. The first kappa shape index (κ1) is 22.5. The zero-order valence-corrected chi connectivity index (χ0v) is 16.6. The van der Waals surface area contributed by atoms with Crippen LogP contribution in [0.2, 0.25) is 0 Å². The van der Waals surface area contributed by atoms with Crippen LogP contribution in [0.1, 0.15) is 13.3 Å². The summed E-state index contributed by atoms with van der Waals surface area (Å²) >= 11 is 1.77. The quantitative estimate of drug-likeness (QED) is 0.241. The number of hydrogen-bond acceptors (Lipinski definition) is 4. The van der Waals surface area contributed by atoms with Gasteiger partial charge in [0.05, 0.1) is 5.75 Å². The van der Waals surface area contributed by atoms with E-state index in [9.17, 15) is 8.42 Å². The Kier molecular flexibility index (Phi) is 14.6. The van der Waals surface area contributed by atoms with Gasteiger partial charge in [-0.25, -0.2) is 12.7 Å². The van der Waals surface area contributed by atoms with Gasteiger partial charge in [-0.2, -0.15) is 11.8 Å². The maximum atomic E-state index is 11.5. The Hall–Kier alpha value is 0.260. The first-order valence-corrected chi connectivity index (χ1v) is 9.35. The number of sulfonamides is 1. The smallest absolute Gasteiger partial charge is 0.213 e. The van der Waals surface area contributed by atoms with Gasteiger partial charge in [0.2, 0.25) is 10.0 Å². The summed E-state index contributed by atoms with van der Waals surface area (Å²) in [4.78, 5) is 4.09. The molecule has 0 aliphatic heterocycles. The van der Waals surface area contributed by atoms with Gasteiger partial charge in [-0.1, -0.05) is 0 Å². The Morgan fingerprint density at radius 3 is 2.40 bits per heavy atom. The van der Waals surface area contributed by atoms with Crippen LogP contribution < -0.4 is 10.6 Å². The highest BCUT2D eigenvalue weighted by atomic mass is 127. The molecule has 20 heavy (non-hydrogen) atoms. The fourth-order valence-corrected chi connectivity index (χ4v) is 2.51. The molecular formula is C11H27IN4O2S2. The predicted molar refractivity (Wildman–Crippen MR) is 99.9 cm³/mol. The molecule has 0 aromatic heterocycles. The Balaban J connectivity index is 0. The van der Waals surface area contributed by atoms with E-state index in [1.165, 1.54) is 4.31 Å². The van der Waals surface area contributed by atoms with Gasteiger partial charge in [0.1, 0.15) is 0 Å². The van der Waals surface area contributed by atoms with E-state index in [2.05, 4.69) is 21.9 Å². The van der Waals surface area contributed by atoms with Crippen LogP contribution in [0.3, 0.4) is 0 Å². The van der Waals surface area contributed by atoms with Gasteiger partial charge in [-0.3, -0.25) is 4.99 Å². The summed E-state index contributed by atoms with van der Waals surface area (Å²) in [5, 5.41) is 6.35. The molecule has 0 radical (unpaired) electrons. The molecule has 0 aromatic rings. The van der Waals surface area contributed by atoms with Gasteiger partial charge < -0.3 is 10.6 Å². The summed E-state index contributed by atoms with van der Waals surface area (Å²) in [6, 6.07) is 0. The molecule has 9 heteroatoms. The number of hydrogen-bond donors (Lipinski definition) is 2. The van der Waals surface area contributed by atoms with E-state index in [1.54, 1.807) is 32.8 Å². The molecule has 0 fully saturated rings. The number of thioether (sulfide) groups is 1. The average Bonchev–Trinajstić information content (AvgIpc) is 2.41. The van der Waals surface area contributed by atoms with Crippen molar-refractivity contribution in [1.82, 2.24) is 14.9 Å². The molecule has 0 saturated carbocycles. The minimum absolute atomic E-state index is 0. The third-order valence-electron chi connectivity index (χ3n) is 2.60. The van der Waals surface area contributed by atoms with Crippen LogP contribution in [-0.2, 0) is 10.0 Å². The summed E-state index contributed by atoms with van der Waals surface area (Å²) in [6.07, 6.45) is 2.81. The molecule has 0 aromatic carbocycles. The van der Waals surface area contributed by atoms with E-state index >= 15 is 0 Å². The maximum absolute atomic E-state index is 11.5. The zero-order chi connectivity index (χ0) is 14.7. The lowest BCUT2D eigenvalue weighted by molar-refractivity contribution is 0.461. The molecule has 0 saturated heterocycles. The topological polar surface area (TPSA) is 73.8 Å². The van der Waals surface area contributed by atoms with Crippen molar-refractivity contribution in [2.75, 3.05) is 51.5 Å². The van der Waals surface area contributed by atoms with Crippen LogP contribution in [0.4, 0.5) is 0 Å². The summed E-state index contributed by atoms with van der Waals surface area (Å²) in [5.41, 5.74) is 0. The Bertz CT molecular complexity index is 363. The van der Waals surface area contributed by atoms with E-state index in [1.807, 2.05) is 0 Å². The van der Waals surface area contributed by atoms with Gasteiger partial charge >= 0.3 is 0 Å². The molecule has 122 valence electrons. The second kappa shape index (κ2) is 13.0. The van der Waals surface area contributed by atoms with Gasteiger partial charge in [0.25, 0.3) is 0 Å². The van der Waals surface area contributed by atoms with Crippen molar-refractivity contribution in [3.8, 4) is 0 Å². The zero-order valence-electron chi connectivity index (χ0n) is 12.7. The lowest BCUT2D eigenvalue weighted by atomic mass is 10.4. The molecule has 0 unspecified atom stereocenters. The first-order valence-electron chi connectivity index (χ1n) is 6.35. The lowest BCUT2D eigenvalue weighted by Gasteiger charge is -2.16. The van der Waals surface area contributed by atoms with Crippen molar-refractivity contribution in [1.29, 1.82) is 0 Å². The normalized spacial score (nSPS) is 12.2. The summed E-state index contributed by atoms with van der Waals surface area (Å²) in [6.45, 7) is 3.74. The van der Waals surface area contributed by atoms with Crippen LogP contribution in [0.15, 0.2) is 4.99 Å². The molecule has 0 bridgehead atoms. The van der Waals surface area contributed by atoms with Crippen LogP contribution in [-0.4, -0.2) is 70.2 Å². The predicted octanol–water partition coefficient (Wildman–Crippen LogP) is 0.804. The molecule has 0 rings (SSSR count). The molecule has 0 heterocycles. The van der Waals surface area contributed by atoms with Crippen molar-refractivity contribution in [2.24, 2.45) is 4.99 Å². The molecule has 0 aliphatic rings. The minimum Gasteiger partial charge on any atom is -0.356 e. The number of nitrogens with zero attached hydrogens (tertiary/aromatic N) is 2. The molecule has 0 aliphatic carbocycles. The van der Waals surface area contributed by atoms with E-state index in [0.717, 1.165) is 24.7 Å². The number of guanidine groups is 1. The second-order valence-electron chi connectivity index (χ2n) is 3.99. The van der Waals surface area contributed by atoms with Crippen molar-refractivity contribution in [2.45, 2.75) is 13.3 Å². The minimum atomic E-state index is -3.07. The fourth-order valence-electron chi connectivity index (χ4n) is 1.36. The van der Waals surface area contributed by atoms with Gasteiger partial charge in [0.15, 0.2) is 5.96 Å². The van der Waals surface area contributed by atoms with Crippen molar-refractivity contribution in [3.63, 3.8) is 0 Å². The fraction of sp³-hybridized carbons (Fsp3) is 0.909. The largest absolute Gasteiger partial charge is 0.356 e. The van der Waals surface area contributed by atoms with Gasteiger partial charge in [-0.05, 0) is 19.6 Å². The first-order chi connectivity index (χ1) is 8.97. The Morgan fingerprint density at radius 2 is 1.90 bits per heavy atom. The molecule has 0 spiro atoms. The average molecular weight is 438 g/mol. The van der Waals surface area contributed by atoms with Crippen molar-refractivity contribution in [3.05, 3.63) is 0 Å². The standard InChI is InChI=1S/C11H26N4O2S2.HI/c1-5-19(16,17)15(3)9-6-7-13-11(12-2)14-8-10-18-4;/h5-10H2,1-4H3,(H2,12,13,14);1H. The van der Waals surface area contributed by atoms with Gasteiger partial charge in [-0.15, -0.1) is 24.0 Å². The number of rotatable bonds is 9. The van der Waals surface area contributed by atoms with Crippen LogP contribution in [0.25, 0.3) is 0 Å². The van der Waals surface area contributed by atoms with Crippen molar-refractivity contribution < 1.29 is 8.42 Å². The lowest BCUT2D eigenvalue weighted by Crippen LogP contribution is -2.40. The highest BCUT2D eigenvalue weighted by Crippen LogP contribution is 1.98. The van der Waals surface area contributed by atoms with E-state index in [0.29, 0.717) is 13.1 Å². The van der Waals surface area contributed by atoms with E-state index < -0.39 is 10.0 Å². The van der Waals surface area contributed by atoms with Crippen molar-refractivity contribution >= 4 is 51.7 Å². The number of aliphatic imine (C=N–C) groups is 1. The van der Waals surface area contributed by atoms with E-state index in [-0.39, 0.29) is 29.7 Å². The maximum Gasteiger partial charge on any atom is 0.213 e. The van der Waals surface area contributed by atoms with Gasteiger partial charge in [0, 0.05) is 39.5 Å². The van der Waals surface area contributed by atoms with E-state index in [4.69, 9.17) is 0 Å². The van der Waals surface area contributed by atoms with Crippen LogP contribution in [0.5, 0.6) is 0 Å². The highest BCUT2D eigenvalue weighted by Gasteiger charge is 2.13.